The van der Waals surface area contributed by atoms with Gasteiger partial charge in [-0.2, -0.15) is 0 Å². The van der Waals surface area contributed by atoms with Gasteiger partial charge < -0.3 is 10.2 Å². The number of anilines is 1. The molecule has 0 spiro atoms. The van der Waals surface area contributed by atoms with Crippen molar-refractivity contribution < 1.29 is 0 Å². The van der Waals surface area contributed by atoms with Crippen LogP contribution in [0, 0.1) is 5.92 Å². The molecule has 1 aromatic rings. The highest BCUT2D eigenvalue weighted by molar-refractivity contribution is 5.40. The third-order valence-corrected chi connectivity index (χ3v) is 3.45. The van der Waals surface area contributed by atoms with E-state index in [-0.39, 0.29) is 0 Å². The Kier molecular flexibility index (Phi) is 7.00. The lowest BCUT2D eigenvalue weighted by molar-refractivity contribution is 0.560. The van der Waals surface area contributed by atoms with Crippen LogP contribution in [0.4, 0.5) is 5.82 Å². The van der Waals surface area contributed by atoms with E-state index in [0.717, 1.165) is 25.3 Å². The summed E-state index contributed by atoms with van der Waals surface area (Å²) in [6.07, 6.45) is 3.17. The van der Waals surface area contributed by atoms with E-state index in [0.29, 0.717) is 18.0 Å². The first-order chi connectivity index (χ1) is 9.45. The quantitative estimate of drug-likeness (QED) is 0.778. The maximum atomic E-state index is 4.67. The predicted molar refractivity (Wildman–Crippen MR) is 88.3 cm³/mol. The lowest BCUT2D eigenvalue weighted by Gasteiger charge is -2.29. The van der Waals surface area contributed by atoms with E-state index in [9.17, 15) is 0 Å². The van der Waals surface area contributed by atoms with Gasteiger partial charge >= 0.3 is 0 Å². The number of pyridine rings is 1. The van der Waals surface area contributed by atoms with E-state index in [4.69, 9.17) is 0 Å². The van der Waals surface area contributed by atoms with Gasteiger partial charge in [0.1, 0.15) is 5.82 Å². The van der Waals surface area contributed by atoms with Gasteiger partial charge in [-0.3, -0.25) is 0 Å². The Balaban J connectivity index is 2.77. The van der Waals surface area contributed by atoms with Gasteiger partial charge in [-0.25, -0.2) is 4.98 Å². The third-order valence-electron chi connectivity index (χ3n) is 3.45. The van der Waals surface area contributed by atoms with E-state index < -0.39 is 0 Å². The molecule has 1 atom stereocenters. The topological polar surface area (TPSA) is 28.2 Å². The Morgan fingerprint density at radius 2 is 1.85 bits per heavy atom. The van der Waals surface area contributed by atoms with E-state index in [1.807, 2.05) is 6.20 Å². The minimum absolute atomic E-state index is 0.370. The zero-order valence-electron chi connectivity index (χ0n) is 14.0. The molecule has 0 aliphatic heterocycles. The standard InChI is InChI=1S/C17H31N3/c1-7-10-18-15(6)16-8-9-17(19-11-16)20(14(4)5)12-13(2)3/h8-9,11,13-15,18H,7,10,12H2,1-6H3. The number of nitrogens with zero attached hydrogens (tertiary/aromatic N) is 2. The van der Waals surface area contributed by atoms with Crippen molar-refractivity contribution in [1.82, 2.24) is 10.3 Å². The summed E-state index contributed by atoms with van der Waals surface area (Å²) < 4.78 is 0. The molecule has 0 saturated carbocycles. The lowest BCUT2D eigenvalue weighted by atomic mass is 10.1. The van der Waals surface area contributed by atoms with Crippen LogP contribution in [-0.4, -0.2) is 24.1 Å². The SMILES string of the molecule is CCCNC(C)c1ccc(N(CC(C)C)C(C)C)nc1. The van der Waals surface area contributed by atoms with Crippen molar-refractivity contribution in [1.29, 1.82) is 0 Å². The summed E-state index contributed by atoms with van der Waals surface area (Å²) in [5.74, 6) is 1.73. The van der Waals surface area contributed by atoms with Gasteiger partial charge in [0.15, 0.2) is 0 Å². The Hall–Kier alpha value is -1.09. The van der Waals surface area contributed by atoms with Crippen molar-refractivity contribution in [2.45, 2.75) is 60.0 Å². The van der Waals surface area contributed by atoms with Crippen molar-refractivity contribution in [2.24, 2.45) is 5.92 Å². The summed E-state index contributed by atoms with van der Waals surface area (Å²) >= 11 is 0. The normalized spacial score (nSPS) is 13.0. The first kappa shape index (κ1) is 17.0. The van der Waals surface area contributed by atoms with Crippen molar-refractivity contribution >= 4 is 5.82 Å². The lowest BCUT2D eigenvalue weighted by Crippen LogP contribution is -2.34. The van der Waals surface area contributed by atoms with Crippen LogP contribution in [0.25, 0.3) is 0 Å². The summed E-state index contributed by atoms with van der Waals surface area (Å²) in [6, 6.07) is 5.20. The minimum Gasteiger partial charge on any atom is -0.354 e. The van der Waals surface area contributed by atoms with E-state index in [2.05, 4.69) is 68.9 Å². The van der Waals surface area contributed by atoms with Gasteiger partial charge in [0.25, 0.3) is 0 Å². The molecule has 0 aliphatic rings. The summed E-state index contributed by atoms with van der Waals surface area (Å²) in [5.41, 5.74) is 1.26. The molecule has 0 fully saturated rings. The largest absolute Gasteiger partial charge is 0.354 e. The zero-order valence-corrected chi connectivity index (χ0v) is 14.0. The fourth-order valence-electron chi connectivity index (χ4n) is 2.26. The highest BCUT2D eigenvalue weighted by Gasteiger charge is 2.14. The molecular weight excluding hydrogens is 246 g/mol. The van der Waals surface area contributed by atoms with E-state index >= 15 is 0 Å². The summed E-state index contributed by atoms with van der Waals surface area (Å²) in [5, 5.41) is 3.50. The molecule has 1 N–H and O–H groups in total. The molecule has 114 valence electrons. The Morgan fingerprint density at radius 3 is 2.30 bits per heavy atom. The zero-order chi connectivity index (χ0) is 15.1. The Bertz CT molecular complexity index is 370. The van der Waals surface area contributed by atoms with Gasteiger partial charge in [-0.05, 0) is 51.3 Å². The van der Waals surface area contributed by atoms with Crippen molar-refractivity contribution in [3.63, 3.8) is 0 Å². The highest BCUT2D eigenvalue weighted by atomic mass is 15.2. The van der Waals surface area contributed by atoms with Crippen LogP contribution in [-0.2, 0) is 0 Å². The van der Waals surface area contributed by atoms with Crippen LogP contribution in [0.5, 0.6) is 0 Å². The predicted octanol–water partition coefficient (Wildman–Crippen LogP) is 4.01. The van der Waals surface area contributed by atoms with Crippen LogP contribution < -0.4 is 10.2 Å². The molecule has 1 rings (SSSR count). The molecule has 3 nitrogen and oxygen atoms in total. The van der Waals surface area contributed by atoms with Gasteiger partial charge in [-0.1, -0.05) is 26.8 Å². The van der Waals surface area contributed by atoms with E-state index in [1.165, 1.54) is 5.56 Å². The monoisotopic (exact) mass is 277 g/mol. The number of rotatable bonds is 8. The second-order valence-electron chi connectivity index (χ2n) is 6.27. The molecule has 0 aliphatic carbocycles. The average molecular weight is 277 g/mol. The van der Waals surface area contributed by atoms with Crippen LogP contribution in [0.15, 0.2) is 18.3 Å². The number of hydrogen-bond donors (Lipinski definition) is 1. The molecule has 1 aromatic heterocycles. The number of aromatic nitrogens is 1. The minimum atomic E-state index is 0.370. The Labute approximate surface area is 124 Å². The molecule has 0 aromatic carbocycles. The molecule has 1 unspecified atom stereocenters. The van der Waals surface area contributed by atoms with E-state index in [1.54, 1.807) is 0 Å². The fraction of sp³-hybridized carbons (Fsp3) is 0.706. The van der Waals surface area contributed by atoms with Crippen LogP contribution in [0.3, 0.4) is 0 Å². The van der Waals surface area contributed by atoms with Crippen LogP contribution >= 0.6 is 0 Å². The van der Waals surface area contributed by atoms with Crippen LogP contribution in [0.2, 0.25) is 0 Å². The second-order valence-corrected chi connectivity index (χ2v) is 6.27. The molecule has 0 saturated heterocycles. The number of nitrogens with one attached hydrogen (secondary N) is 1. The molecule has 1 heterocycles. The molecule has 0 radical (unpaired) electrons. The van der Waals surface area contributed by atoms with Crippen molar-refractivity contribution in [3.8, 4) is 0 Å². The first-order valence-electron chi connectivity index (χ1n) is 7.91. The second kappa shape index (κ2) is 8.25. The molecule has 0 amide bonds. The maximum absolute atomic E-state index is 4.67. The van der Waals surface area contributed by atoms with Gasteiger partial charge in [-0.15, -0.1) is 0 Å². The van der Waals surface area contributed by atoms with Crippen molar-refractivity contribution in [3.05, 3.63) is 23.9 Å². The van der Waals surface area contributed by atoms with Crippen LogP contribution in [0.1, 0.15) is 59.6 Å². The molecule has 3 heteroatoms. The molecule has 20 heavy (non-hydrogen) atoms. The summed E-state index contributed by atoms with van der Waals surface area (Å²) in [4.78, 5) is 7.04. The maximum Gasteiger partial charge on any atom is 0.128 e. The fourth-order valence-corrected chi connectivity index (χ4v) is 2.26. The molecule has 0 bridgehead atoms. The van der Waals surface area contributed by atoms with Gasteiger partial charge in [0.05, 0.1) is 0 Å². The highest BCUT2D eigenvalue weighted by Crippen LogP contribution is 2.19. The molecular formula is C17H31N3. The Morgan fingerprint density at radius 1 is 1.15 bits per heavy atom. The smallest absolute Gasteiger partial charge is 0.128 e. The average Bonchev–Trinajstić information content (AvgIpc) is 2.42. The van der Waals surface area contributed by atoms with Gasteiger partial charge in [0, 0.05) is 24.8 Å². The van der Waals surface area contributed by atoms with Crippen molar-refractivity contribution in [2.75, 3.05) is 18.0 Å². The first-order valence-corrected chi connectivity index (χ1v) is 7.91. The summed E-state index contributed by atoms with van der Waals surface area (Å²) in [6.45, 7) is 15.4. The van der Waals surface area contributed by atoms with Gasteiger partial charge in [0.2, 0.25) is 0 Å². The third kappa shape index (κ3) is 5.12. The number of hydrogen-bond acceptors (Lipinski definition) is 3. The summed E-state index contributed by atoms with van der Waals surface area (Å²) in [7, 11) is 0.